The molecule has 2 aliphatic heterocycles. The SMILES string of the molecule is COc1cccc(NC(=O)C(=O)N2CC3(CC3)CC2C(=O)N[C@@H](C[C@@H]2CCNC2=O)C(=O)COC(F)(F)F)c1F. The average Bonchev–Trinajstić information content (AvgIpc) is 3.36. The zero-order valence-electron chi connectivity index (χ0n) is 21.4. The number of ketones is 1. The number of methoxy groups -OCH3 is 1. The van der Waals surface area contributed by atoms with Gasteiger partial charge in [-0.1, -0.05) is 6.07 Å². The first kappa shape index (κ1) is 29.2. The lowest BCUT2D eigenvalue weighted by atomic mass is 9.95. The fourth-order valence-electron chi connectivity index (χ4n) is 5.06. The zero-order chi connectivity index (χ0) is 29.2. The molecule has 1 saturated carbocycles. The molecule has 0 radical (unpaired) electrons. The summed E-state index contributed by atoms with van der Waals surface area (Å²) in [6.07, 6.45) is -3.52. The molecule has 1 aliphatic carbocycles. The van der Waals surface area contributed by atoms with Crippen molar-refractivity contribution in [3.63, 3.8) is 0 Å². The molecule has 3 N–H and O–H groups in total. The number of anilines is 1. The van der Waals surface area contributed by atoms with E-state index < -0.39 is 71.6 Å². The number of amides is 4. The van der Waals surface area contributed by atoms with Crippen LogP contribution in [0, 0.1) is 17.2 Å². The van der Waals surface area contributed by atoms with Gasteiger partial charge >= 0.3 is 18.2 Å². The first-order valence-electron chi connectivity index (χ1n) is 12.6. The van der Waals surface area contributed by atoms with E-state index in [1.165, 1.54) is 25.3 Å². The Morgan fingerprint density at radius 2 is 1.95 bits per heavy atom. The van der Waals surface area contributed by atoms with Crippen LogP contribution in [0.2, 0.25) is 0 Å². The number of benzene rings is 1. The van der Waals surface area contributed by atoms with E-state index in [2.05, 4.69) is 20.7 Å². The van der Waals surface area contributed by atoms with Crippen LogP contribution < -0.4 is 20.7 Å². The molecule has 1 unspecified atom stereocenters. The Bertz CT molecular complexity index is 1200. The molecule has 0 bridgehead atoms. The predicted octanol–water partition coefficient (Wildman–Crippen LogP) is 1.27. The lowest BCUT2D eigenvalue weighted by molar-refractivity contribution is -0.321. The van der Waals surface area contributed by atoms with Gasteiger partial charge in [0, 0.05) is 19.0 Å². The summed E-state index contributed by atoms with van der Waals surface area (Å²) in [5, 5.41) is 7.12. The monoisotopic (exact) mass is 572 g/mol. The summed E-state index contributed by atoms with van der Waals surface area (Å²) in [7, 11) is 1.23. The summed E-state index contributed by atoms with van der Waals surface area (Å²) in [4.78, 5) is 64.9. The van der Waals surface area contributed by atoms with E-state index in [4.69, 9.17) is 4.74 Å². The highest BCUT2D eigenvalue weighted by atomic mass is 19.4. The standard InChI is InChI=1S/C25H28F4N4O7/c1-39-18-4-2-3-14(19(18)26)31-22(37)23(38)33-12-24(6-7-24)10-16(33)21(36)32-15(9-13-5-8-30-20(13)35)17(34)11-40-25(27,28)29/h2-4,13,15-16H,5-12H2,1H3,(H,30,35)(H,31,37)(H,32,36)/t13-,15-,16?/m0/s1. The van der Waals surface area contributed by atoms with Crippen molar-refractivity contribution in [1.29, 1.82) is 0 Å². The highest BCUT2D eigenvalue weighted by Crippen LogP contribution is 2.54. The van der Waals surface area contributed by atoms with Gasteiger partial charge in [-0.3, -0.25) is 28.7 Å². The number of Topliss-reactive ketones (excluding diaryl/α,β-unsaturated/α-hetero) is 1. The second-order valence-electron chi connectivity index (χ2n) is 10.2. The smallest absolute Gasteiger partial charge is 0.494 e. The first-order valence-corrected chi connectivity index (χ1v) is 12.6. The molecule has 1 aromatic rings. The Kier molecular flexibility index (Phi) is 8.33. The molecule has 11 nitrogen and oxygen atoms in total. The van der Waals surface area contributed by atoms with Gasteiger partial charge in [0.2, 0.25) is 11.8 Å². The summed E-state index contributed by atoms with van der Waals surface area (Å²) in [6, 6.07) is 1.22. The van der Waals surface area contributed by atoms with Gasteiger partial charge in [0.15, 0.2) is 17.3 Å². The van der Waals surface area contributed by atoms with Crippen molar-refractivity contribution in [2.75, 3.05) is 32.1 Å². The Morgan fingerprint density at radius 1 is 1.23 bits per heavy atom. The summed E-state index contributed by atoms with van der Waals surface area (Å²) >= 11 is 0. The van der Waals surface area contributed by atoms with Crippen LogP contribution in [0.5, 0.6) is 5.75 Å². The number of carbonyl (C=O) groups is 5. The van der Waals surface area contributed by atoms with Gasteiger partial charge in [0.05, 0.1) is 18.8 Å². The molecule has 218 valence electrons. The molecule has 1 aromatic carbocycles. The number of carbonyl (C=O) groups excluding carboxylic acids is 5. The third-order valence-electron chi connectivity index (χ3n) is 7.42. The molecule has 2 saturated heterocycles. The Labute approximate surface area is 225 Å². The van der Waals surface area contributed by atoms with Crippen LogP contribution in [0.4, 0.5) is 23.2 Å². The van der Waals surface area contributed by atoms with E-state index in [1.54, 1.807) is 0 Å². The van der Waals surface area contributed by atoms with E-state index in [0.29, 0.717) is 25.8 Å². The van der Waals surface area contributed by atoms with Gasteiger partial charge in [-0.25, -0.2) is 4.39 Å². The van der Waals surface area contributed by atoms with Crippen LogP contribution in [0.1, 0.15) is 32.1 Å². The predicted molar refractivity (Wildman–Crippen MR) is 128 cm³/mol. The number of nitrogens with zero attached hydrogens (tertiary/aromatic N) is 1. The molecule has 4 amide bonds. The molecule has 0 aromatic heterocycles. The molecular formula is C25H28F4N4O7. The summed E-state index contributed by atoms with van der Waals surface area (Å²) in [6.45, 7) is -1.01. The molecule has 15 heteroatoms. The molecule has 4 rings (SSSR count). The van der Waals surface area contributed by atoms with Gasteiger partial charge < -0.3 is 25.6 Å². The minimum absolute atomic E-state index is 0.0543. The Morgan fingerprint density at radius 3 is 2.55 bits per heavy atom. The van der Waals surface area contributed by atoms with Crippen molar-refractivity contribution in [2.24, 2.45) is 11.3 Å². The lowest BCUT2D eigenvalue weighted by Crippen LogP contribution is -2.53. The quantitative estimate of drug-likeness (QED) is 0.299. The minimum Gasteiger partial charge on any atom is -0.494 e. The molecule has 2 heterocycles. The van der Waals surface area contributed by atoms with Crippen molar-refractivity contribution in [2.45, 2.75) is 50.6 Å². The number of hydrogen-bond donors (Lipinski definition) is 3. The van der Waals surface area contributed by atoms with Crippen molar-refractivity contribution < 1.29 is 51.0 Å². The van der Waals surface area contributed by atoms with Crippen molar-refractivity contribution >= 4 is 35.1 Å². The second-order valence-corrected chi connectivity index (χ2v) is 10.2. The zero-order valence-corrected chi connectivity index (χ0v) is 21.4. The first-order chi connectivity index (χ1) is 18.8. The normalized spacial score (nSPS) is 22.0. The van der Waals surface area contributed by atoms with Gasteiger partial charge in [0.1, 0.15) is 12.6 Å². The van der Waals surface area contributed by atoms with E-state index in [-0.39, 0.29) is 30.8 Å². The molecule has 3 aliphatic rings. The average molecular weight is 573 g/mol. The van der Waals surface area contributed by atoms with Crippen molar-refractivity contribution in [1.82, 2.24) is 15.5 Å². The van der Waals surface area contributed by atoms with Crippen LogP contribution in [0.15, 0.2) is 18.2 Å². The largest absolute Gasteiger partial charge is 0.522 e. The summed E-state index contributed by atoms with van der Waals surface area (Å²) in [5.74, 6) is -6.49. The molecule has 1 spiro atoms. The van der Waals surface area contributed by atoms with E-state index in [0.717, 1.165) is 4.90 Å². The van der Waals surface area contributed by atoms with Crippen LogP contribution in [-0.2, 0) is 28.7 Å². The van der Waals surface area contributed by atoms with Crippen LogP contribution in [0.25, 0.3) is 0 Å². The highest BCUT2D eigenvalue weighted by molar-refractivity contribution is 6.40. The number of nitrogens with one attached hydrogen (secondary N) is 3. The topological polar surface area (TPSA) is 143 Å². The maximum Gasteiger partial charge on any atom is 0.522 e. The number of rotatable bonds is 9. The lowest BCUT2D eigenvalue weighted by Gasteiger charge is -2.26. The summed E-state index contributed by atoms with van der Waals surface area (Å²) in [5.41, 5.74) is -0.729. The fraction of sp³-hybridized carbons (Fsp3) is 0.560. The van der Waals surface area contributed by atoms with E-state index in [1.807, 2.05) is 0 Å². The van der Waals surface area contributed by atoms with E-state index in [9.17, 15) is 41.5 Å². The summed E-state index contributed by atoms with van der Waals surface area (Å²) < 4.78 is 60.6. The van der Waals surface area contributed by atoms with Crippen molar-refractivity contribution in [3.8, 4) is 5.75 Å². The molecular weight excluding hydrogens is 544 g/mol. The van der Waals surface area contributed by atoms with Gasteiger partial charge in [0.25, 0.3) is 0 Å². The Hall–Kier alpha value is -3.75. The maximum absolute atomic E-state index is 14.5. The van der Waals surface area contributed by atoms with E-state index >= 15 is 0 Å². The van der Waals surface area contributed by atoms with Gasteiger partial charge in [-0.05, 0) is 49.7 Å². The number of halogens is 4. The molecule has 40 heavy (non-hydrogen) atoms. The van der Waals surface area contributed by atoms with Crippen LogP contribution in [-0.4, -0.2) is 79.6 Å². The van der Waals surface area contributed by atoms with Gasteiger partial charge in [-0.2, -0.15) is 0 Å². The second kappa shape index (κ2) is 11.4. The fourth-order valence-corrected chi connectivity index (χ4v) is 5.06. The number of likely N-dealkylation sites (tertiary alicyclic amines) is 1. The number of hydrogen-bond acceptors (Lipinski definition) is 7. The third kappa shape index (κ3) is 6.69. The van der Waals surface area contributed by atoms with Crippen LogP contribution >= 0.6 is 0 Å². The highest BCUT2D eigenvalue weighted by Gasteiger charge is 2.56. The molecule has 3 atom stereocenters. The Balaban J connectivity index is 1.48. The number of alkyl halides is 3. The van der Waals surface area contributed by atoms with Crippen molar-refractivity contribution in [3.05, 3.63) is 24.0 Å². The third-order valence-corrected chi connectivity index (χ3v) is 7.42. The number of ether oxygens (including phenoxy) is 2. The van der Waals surface area contributed by atoms with Gasteiger partial charge in [-0.15, -0.1) is 13.2 Å². The molecule has 3 fully saturated rings. The maximum atomic E-state index is 14.5. The van der Waals surface area contributed by atoms with Crippen LogP contribution in [0.3, 0.4) is 0 Å². The minimum atomic E-state index is -5.09.